The fourth-order valence-electron chi connectivity index (χ4n) is 4.46. The number of urea groups is 1. The molecule has 0 aromatic heterocycles. The molecule has 23 heavy (non-hydrogen) atoms. The summed E-state index contributed by atoms with van der Waals surface area (Å²) in [6.45, 7) is 6.53. The lowest BCUT2D eigenvalue weighted by Gasteiger charge is -2.28. The molecule has 6 heteroatoms. The largest absolute Gasteiger partial charge is 0.481 e. The van der Waals surface area contributed by atoms with Crippen LogP contribution in [0.4, 0.5) is 4.79 Å². The molecule has 0 aromatic carbocycles. The van der Waals surface area contributed by atoms with Crippen molar-refractivity contribution in [1.82, 2.24) is 15.1 Å². The van der Waals surface area contributed by atoms with Gasteiger partial charge in [0.2, 0.25) is 0 Å². The Labute approximate surface area is 137 Å². The van der Waals surface area contributed by atoms with Crippen LogP contribution in [0, 0.1) is 11.3 Å². The number of hydrogen-bond acceptors (Lipinski definition) is 3. The monoisotopic (exact) mass is 321 g/mol. The standard InChI is InChI=1S/C17H27N3O3/c1-2-8-19-9-13-10-20(12-17(13,11-19)15(21)22)16(23)18-14-6-4-3-5-7-14/h2,13-14H,1,3-12H2,(H,18,23)(H,21,22)/t13-,17-/m1/s1. The average molecular weight is 321 g/mol. The van der Waals surface area contributed by atoms with Crippen LogP contribution >= 0.6 is 0 Å². The fraction of sp³-hybridized carbons (Fsp3) is 0.765. The van der Waals surface area contributed by atoms with E-state index < -0.39 is 11.4 Å². The third-order valence-corrected chi connectivity index (χ3v) is 5.71. The van der Waals surface area contributed by atoms with Crippen LogP contribution in [0.5, 0.6) is 0 Å². The first-order chi connectivity index (χ1) is 11.0. The van der Waals surface area contributed by atoms with Gasteiger partial charge in [0.05, 0.1) is 0 Å². The topological polar surface area (TPSA) is 72.9 Å². The third kappa shape index (κ3) is 3.09. The zero-order valence-electron chi connectivity index (χ0n) is 13.7. The molecule has 2 amide bonds. The van der Waals surface area contributed by atoms with E-state index in [9.17, 15) is 14.7 Å². The van der Waals surface area contributed by atoms with Gasteiger partial charge in [-0.05, 0) is 12.8 Å². The summed E-state index contributed by atoms with van der Waals surface area (Å²) in [4.78, 5) is 28.3. The number of nitrogens with zero attached hydrogens (tertiary/aromatic N) is 2. The van der Waals surface area contributed by atoms with Gasteiger partial charge in [-0.25, -0.2) is 4.79 Å². The summed E-state index contributed by atoms with van der Waals surface area (Å²) >= 11 is 0. The van der Waals surface area contributed by atoms with Gasteiger partial charge in [0.1, 0.15) is 5.41 Å². The maximum atomic E-state index is 12.5. The highest BCUT2D eigenvalue weighted by Gasteiger charge is 2.58. The Balaban J connectivity index is 1.63. The minimum absolute atomic E-state index is 0.0112. The van der Waals surface area contributed by atoms with Gasteiger partial charge in [-0.3, -0.25) is 9.69 Å². The number of carboxylic acid groups (broad SMARTS) is 1. The van der Waals surface area contributed by atoms with Crippen molar-refractivity contribution >= 4 is 12.0 Å². The zero-order chi connectivity index (χ0) is 16.4. The normalized spacial score (nSPS) is 31.8. The molecule has 0 spiro atoms. The quantitative estimate of drug-likeness (QED) is 0.770. The molecule has 2 heterocycles. The molecule has 2 N–H and O–H groups in total. The van der Waals surface area contributed by atoms with Crippen molar-refractivity contribution in [2.24, 2.45) is 11.3 Å². The van der Waals surface area contributed by atoms with Crippen LogP contribution in [0.25, 0.3) is 0 Å². The van der Waals surface area contributed by atoms with E-state index in [4.69, 9.17) is 0 Å². The molecule has 0 unspecified atom stereocenters. The predicted molar refractivity (Wildman–Crippen MR) is 87.2 cm³/mol. The van der Waals surface area contributed by atoms with Crippen molar-refractivity contribution in [1.29, 1.82) is 0 Å². The molecular weight excluding hydrogens is 294 g/mol. The summed E-state index contributed by atoms with van der Waals surface area (Å²) in [6, 6.07) is 0.178. The molecule has 2 atom stereocenters. The first kappa shape index (κ1) is 16.3. The summed E-state index contributed by atoms with van der Waals surface area (Å²) in [5, 5.41) is 12.9. The lowest BCUT2D eigenvalue weighted by Crippen LogP contribution is -2.47. The molecule has 0 radical (unpaired) electrons. The van der Waals surface area contributed by atoms with E-state index in [1.54, 1.807) is 4.90 Å². The van der Waals surface area contributed by atoms with Crippen molar-refractivity contribution in [3.8, 4) is 0 Å². The van der Waals surface area contributed by atoms with Gasteiger partial charge >= 0.3 is 12.0 Å². The maximum absolute atomic E-state index is 12.5. The Kier molecular flexibility index (Phi) is 4.62. The van der Waals surface area contributed by atoms with E-state index in [2.05, 4.69) is 16.8 Å². The van der Waals surface area contributed by atoms with E-state index in [0.717, 1.165) is 19.4 Å². The van der Waals surface area contributed by atoms with Gasteiger partial charge in [-0.2, -0.15) is 0 Å². The molecule has 3 aliphatic rings. The number of nitrogens with one attached hydrogen (secondary N) is 1. The maximum Gasteiger partial charge on any atom is 0.317 e. The van der Waals surface area contributed by atoms with Crippen LogP contribution in [-0.2, 0) is 4.79 Å². The van der Waals surface area contributed by atoms with Crippen molar-refractivity contribution in [3.05, 3.63) is 12.7 Å². The predicted octanol–water partition coefficient (Wildman–Crippen LogP) is 1.53. The van der Waals surface area contributed by atoms with Crippen LogP contribution in [0.1, 0.15) is 32.1 Å². The highest BCUT2D eigenvalue weighted by Crippen LogP contribution is 2.42. The minimum Gasteiger partial charge on any atom is -0.481 e. The van der Waals surface area contributed by atoms with Crippen LogP contribution in [-0.4, -0.2) is 65.7 Å². The second-order valence-corrected chi connectivity index (χ2v) is 7.31. The molecule has 0 bridgehead atoms. The van der Waals surface area contributed by atoms with Crippen LogP contribution in [0.2, 0.25) is 0 Å². The second kappa shape index (κ2) is 6.51. The number of carboxylic acids is 1. The smallest absolute Gasteiger partial charge is 0.317 e. The summed E-state index contributed by atoms with van der Waals surface area (Å²) in [6.07, 6.45) is 7.48. The van der Waals surface area contributed by atoms with E-state index in [0.29, 0.717) is 26.2 Å². The van der Waals surface area contributed by atoms with E-state index >= 15 is 0 Å². The summed E-state index contributed by atoms with van der Waals surface area (Å²) in [5.41, 5.74) is -0.813. The lowest BCUT2D eigenvalue weighted by molar-refractivity contribution is -0.148. The molecule has 2 saturated heterocycles. The van der Waals surface area contributed by atoms with Gasteiger partial charge in [-0.1, -0.05) is 25.3 Å². The molecule has 3 fully saturated rings. The fourth-order valence-corrected chi connectivity index (χ4v) is 4.46. The number of aliphatic carboxylic acids is 1. The van der Waals surface area contributed by atoms with Crippen LogP contribution in [0.15, 0.2) is 12.7 Å². The number of carbonyl (C=O) groups is 2. The van der Waals surface area contributed by atoms with E-state index in [1.807, 2.05) is 6.08 Å². The van der Waals surface area contributed by atoms with Gasteiger partial charge < -0.3 is 15.3 Å². The van der Waals surface area contributed by atoms with Gasteiger partial charge in [-0.15, -0.1) is 6.58 Å². The van der Waals surface area contributed by atoms with Crippen molar-refractivity contribution in [2.45, 2.75) is 38.1 Å². The van der Waals surface area contributed by atoms with Gasteiger partial charge in [0.15, 0.2) is 0 Å². The SMILES string of the molecule is C=CCN1C[C@@H]2CN(C(=O)NC3CCCCC3)C[C@]2(C(=O)O)C1. The van der Waals surface area contributed by atoms with Crippen molar-refractivity contribution in [3.63, 3.8) is 0 Å². The Morgan fingerprint density at radius 3 is 2.57 bits per heavy atom. The first-order valence-electron chi connectivity index (χ1n) is 8.67. The molecule has 2 aliphatic heterocycles. The number of rotatable bonds is 4. The number of hydrogen-bond donors (Lipinski definition) is 2. The van der Waals surface area contributed by atoms with E-state index in [-0.39, 0.29) is 18.0 Å². The Bertz CT molecular complexity index is 489. The van der Waals surface area contributed by atoms with Crippen molar-refractivity contribution in [2.75, 3.05) is 32.7 Å². The number of amides is 2. The third-order valence-electron chi connectivity index (χ3n) is 5.71. The Morgan fingerprint density at radius 1 is 1.22 bits per heavy atom. The number of carbonyl (C=O) groups excluding carboxylic acids is 1. The number of fused-ring (bicyclic) bond motifs is 1. The van der Waals surface area contributed by atoms with E-state index in [1.165, 1.54) is 19.3 Å². The average Bonchev–Trinajstić information content (AvgIpc) is 3.03. The molecule has 128 valence electrons. The highest BCUT2D eigenvalue weighted by atomic mass is 16.4. The summed E-state index contributed by atoms with van der Waals surface area (Å²) in [7, 11) is 0. The first-order valence-corrected chi connectivity index (χ1v) is 8.67. The number of likely N-dealkylation sites (tertiary alicyclic amines) is 2. The molecular formula is C17H27N3O3. The minimum atomic E-state index is -0.813. The lowest BCUT2D eigenvalue weighted by atomic mass is 9.81. The summed E-state index contributed by atoms with van der Waals surface area (Å²) < 4.78 is 0. The molecule has 3 rings (SSSR count). The molecule has 1 aliphatic carbocycles. The molecule has 0 aromatic rings. The van der Waals surface area contributed by atoms with Gasteiger partial charge in [0, 0.05) is 44.7 Å². The molecule has 1 saturated carbocycles. The highest BCUT2D eigenvalue weighted by molar-refractivity contribution is 5.81. The van der Waals surface area contributed by atoms with Crippen LogP contribution in [0.3, 0.4) is 0 Å². The second-order valence-electron chi connectivity index (χ2n) is 7.31. The van der Waals surface area contributed by atoms with Gasteiger partial charge in [0.25, 0.3) is 0 Å². The zero-order valence-corrected chi connectivity index (χ0v) is 13.7. The van der Waals surface area contributed by atoms with Crippen LogP contribution < -0.4 is 5.32 Å². The Hall–Kier alpha value is -1.56. The molecule has 6 nitrogen and oxygen atoms in total. The Morgan fingerprint density at radius 2 is 1.96 bits per heavy atom. The summed E-state index contributed by atoms with van der Waals surface area (Å²) in [5.74, 6) is -0.765. The van der Waals surface area contributed by atoms with Crippen molar-refractivity contribution < 1.29 is 14.7 Å².